The third-order valence-corrected chi connectivity index (χ3v) is 8.49. The normalized spacial score (nSPS) is 15.6. The molecule has 1 aromatic heterocycles. The molecule has 1 aliphatic heterocycles. The number of thiophene rings is 1. The zero-order chi connectivity index (χ0) is 22.8. The van der Waals surface area contributed by atoms with Crippen LogP contribution in [-0.4, -0.2) is 37.6 Å². The van der Waals surface area contributed by atoms with E-state index in [1.807, 2.05) is 13.8 Å². The van der Waals surface area contributed by atoms with Crippen LogP contribution in [0.2, 0.25) is 0 Å². The highest BCUT2D eigenvalue weighted by Gasteiger charge is 2.32. The molecule has 2 heterocycles. The van der Waals surface area contributed by atoms with Crippen molar-refractivity contribution in [2.45, 2.75) is 38.0 Å². The molecule has 31 heavy (non-hydrogen) atoms. The minimum Gasteiger partial charge on any atom is -0.273 e. The van der Waals surface area contributed by atoms with Crippen LogP contribution in [0.4, 0.5) is 8.78 Å². The summed E-state index contributed by atoms with van der Waals surface area (Å²) in [6, 6.07) is 4.20. The SMILES string of the molecule is CCc1sc(C(=O)NNC(=O)C2CCN(S(=O)(=O)c3ccc(F)c(F)c3)CC2)cc1C. The topological polar surface area (TPSA) is 95.6 Å². The zero-order valence-electron chi connectivity index (χ0n) is 17.1. The third kappa shape index (κ3) is 5.10. The molecule has 1 saturated heterocycles. The van der Waals surface area contributed by atoms with Crippen LogP contribution in [0.1, 0.15) is 39.9 Å². The number of nitrogens with zero attached hydrogens (tertiary/aromatic N) is 1. The molecule has 1 aromatic carbocycles. The van der Waals surface area contributed by atoms with E-state index in [-0.39, 0.29) is 30.8 Å². The molecular weight excluding hydrogens is 448 g/mol. The second-order valence-corrected chi connectivity index (χ2v) is 10.3. The number of amides is 2. The lowest BCUT2D eigenvalue weighted by molar-refractivity contribution is -0.126. The van der Waals surface area contributed by atoms with Crippen molar-refractivity contribution in [1.29, 1.82) is 0 Å². The zero-order valence-corrected chi connectivity index (χ0v) is 18.7. The number of carbonyl (C=O) groups excluding carboxylic acids is 2. The number of sulfonamides is 1. The highest BCUT2D eigenvalue weighted by Crippen LogP contribution is 2.25. The van der Waals surface area contributed by atoms with E-state index < -0.39 is 39.4 Å². The number of hydrogen-bond donors (Lipinski definition) is 2. The Kier molecular flexibility index (Phi) is 7.07. The first-order chi connectivity index (χ1) is 14.6. The van der Waals surface area contributed by atoms with E-state index in [4.69, 9.17) is 0 Å². The molecule has 2 amide bonds. The number of halogens is 2. The van der Waals surface area contributed by atoms with Crippen LogP contribution in [0.15, 0.2) is 29.2 Å². The average molecular weight is 472 g/mol. The van der Waals surface area contributed by atoms with E-state index in [0.29, 0.717) is 10.9 Å². The van der Waals surface area contributed by atoms with Gasteiger partial charge in [0.15, 0.2) is 11.6 Å². The van der Waals surface area contributed by atoms with Crippen LogP contribution in [0.25, 0.3) is 0 Å². The van der Waals surface area contributed by atoms with Gasteiger partial charge in [-0.2, -0.15) is 4.31 Å². The van der Waals surface area contributed by atoms with Gasteiger partial charge in [-0.1, -0.05) is 6.92 Å². The minimum atomic E-state index is -3.99. The highest BCUT2D eigenvalue weighted by atomic mass is 32.2. The Balaban J connectivity index is 1.54. The van der Waals surface area contributed by atoms with Gasteiger partial charge in [0, 0.05) is 23.9 Å². The van der Waals surface area contributed by atoms with Crippen LogP contribution < -0.4 is 10.9 Å². The smallest absolute Gasteiger partial charge is 0.273 e. The molecule has 0 bridgehead atoms. The van der Waals surface area contributed by atoms with Crippen LogP contribution in [0.5, 0.6) is 0 Å². The Morgan fingerprint density at radius 1 is 1.13 bits per heavy atom. The summed E-state index contributed by atoms with van der Waals surface area (Å²) in [7, 11) is -3.99. The number of rotatable bonds is 5. The molecule has 2 aromatic rings. The number of hydrogen-bond acceptors (Lipinski definition) is 5. The summed E-state index contributed by atoms with van der Waals surface area (Å²) in [5.41, 5.74) is 5.83. The fourth-order valence-electron chi connectivity index (χ4n) is 3.41. The molecule has 2 N–H and O–H groups in total. The molecule has 7 nitrogen and oxygen atoms in total. The van der Waals surface area contributed by atoms with Crippen molar-refractivity contribution in [3.05, 3.63) is 51.2 Å². The van der Waals surface area contributed by atoms with E-state index in [2.05, 4.69) is 10.9 Å². The van der Waals surface area contributed by atoms with E-state index in [0.717, 1.165) is 33.3 Å². The Labute approximate surface area is 183 Å². The molecule has 3 rings (SSSR count). The number of carbonyl (C=O) groups is 2. The predicted molar refractivity (Wildman–Crippen MR) is 112 cm³/mol. The quantitative estimate of drug-likeness (QED) is 0.656. The van der Waals surface area contributed by atoms with Crippen molar-refractivity contribution in [3.8, 4) is 0 Å². The first-order valence-electron chi connectivity index (χ1n) is 9.78. The van der Waals surface area contributed by atoms with Gasteiger partial charge in [-0.25, -0.2) is 17.2 Å². The lowest BCUT2D eigenvalue weighted by atomic mass is 9.98. The monoisotopic (exact) mass is 471 g/mol. The number of piperidine rings is 1. The van der Waals surface area contributed by atoms with E-state index in [1.165, 1.54) is 11.3 Å². The van der Waals surface area contributed by atoms with Gasteiger partial charge in [0.25, 0.3) is 5.91 Å². The summed E-state index contributed by atoms with van der Waals surface area (Å²) in [6.45, 7) is 4.03. The van der Waals surface area contributed by atoms with Gasteiger partial charge in [-0.3, -0.25) is 20.4 Å². The predicted octanol–water partition coefficient (Wildman–Crippen LogP) is 2.76. The molecule has 168 valence electrons. The standard InChI is InChI=1S/C20H23F2N3O4S2/c1-3-17-12(2)10-18(30-17)20(27)24-23-19(26)13-6-8-25(9-7-13)31(28,29)14-4-5-15(21)16(22)11-14/h4-5,10-11,13H,3,6-9H2,1-2H3,(H,23,26)(H,24,27). The Hall–Kier alpha value is -2.37. The maximum atomic E-state index is 13.4. The van der Waals surface area contributed by atoms with E-state index in [1.54, 1.807) is 6.07 Å². The number of aryl methyl sites for hydroxylation is 2. The second kappa shape index (κ2) is 9.41. The summed E-state index contributed by atoms with van der Waals surface area (Å²) in [5, 5.41) is 0. The van der Waals surface area contributed by atoms with Crippen LogP contribution in [0, 0.1) is 24.5 Å². The van der Waals surface area contributed by atoms with Crippen molar-refractivity contribution in [2.75, 3.05) is 13.1 Å². The number of nitrogens with one attached hydrogen (secondary N) is 2. The molecule has 1 fully saturated rings. The lowest BCUT2D eigenvalue weighted by Gasteiger charge is -2.30. The Bertz CT molecular complexity index is 1090. The molecule has 0 unspecified atom stereocenters. The average Bonchev–Trinajstić information content (AvgIpc) is 3.14. The van der Waals surface area contributed by atoms with Gasteiger partial charge in [0.1, 0.15) is 0 Å². The third-order valence-electron chi connectivity index (χ3n) is 5.22. The summed E-state index contributed by atoms with van der Waals surface area (Å²) in [4.78, 5) is 25.9. The van der Waals surface area contributed by atoms with E-state index in [9.17, 15) is 26.8 Å². The van der Waals surface area contributed by atoms with Crippen LogP contribution >= 0.6 is 11.3 Å². The largest absolute Gasteiger partial charge is 0.279 e. The number of hydrazine groups is 1. The van der Waals surface area contributed by atoms with Gasteiger partial charge in [0.2, 0.25) is 15.9 Å². The van der Waals surface area contributed by atoms with Crippen molar-refractivity contribution in [1.82, 2.24) is 15.2 Å². The molecule has 0 spiro atoms. The maximum Gasteiger partial charge on any atom is 0.279 e. The molecule has 11 heteroatoms. The minimum absolute atomic E-state index is 0.0529. The van der Waals surface area contributed by atoms with Crippen molar-refractivity contribution in [3.63, 3.8) is 0 Å². The summed E-state index contributed by atoms with van der Waals surface area (Å²) < 4.78 is 52.9. The molecule has 0 saturated carbocycles. The molecule has 0 aliphatic carbocycles. The number of benzene rings is 1. The summed E-state index contributed by atoms with van der Waals surface area (Å²) in [5.74, 6) is -3.65. The van der Waals surface area contributed by atoms with Crippen LogP contribution in [0.3, 0.4) is 0 Å². The van der Waals surface area contributed by atoms with Crippen molar-refractivity contribution < 1.29 is 26.8 Å². The van der Waals surface area contributed by atoms with Crippen LogP contribution in [-0.2, 0) is 21.2 Å². The van der Waals surface area contributed by atoms with E-state index >= 15 is 0 Å². The first-order valence-corrected chi connectivity index (χ1v) is 12.0. The van der Waals surface area contributed by atoms with Gasteiger partial charge < -0.3 is 0 Å². The Morgan fingerprint density at radius 2 is 1.81 bits per heavy atom. The van der Waals surface area contributed by atoms with Gasteiger partial charge in [-0.15, -0.1) is 11.3 Å². The first kappa shape index (κ1) is 23.3. The lowest BCUT2D eigenvalue weighted by Crippen LogP contribution is -2.48. The highest BCUT2D eigenvalue weighted by molar-refractivity contribution is 7.89. The fourth-order valence-corrected chi connectivity index (χ4v) is 5.90. The fraction of sp³-hybridized carbons (Fsp3) is 0.400. The van der Waals surface area contributed by atoms with Crippen molar-refractivity contribution in [2.24, 2.45) is 5.92 Å². The molecule has 0 atom stereocenters. The molecule has 1 aliphatic rings. The molecule has 0 radical (unpaired) electrons. The van der Waals surface area contributed by atoms with Gasteiger partial charge >= 0.3 is 0 Å². The maximum absolute atomic E-state index is 13.4. The Morgan fingerprint density at radius 3 is 2.39 bits per heavy atom. The summed E-state index contributed by atoms with van der Waals surface area (Å²) in [6.07, 6.45) is 1.30. The second-order valence-electron chi connectivity index (χ2n) is 7.27. The van der Waals surface area contributed by atoms with Gasteiger partial charge in [-0.05, 0) is 56.0 Å². The molecular formula is C20H23F2N3O4S2. The van der Waals surface area contributed by atoms with Crippen molar-refractivity contribution >= 4 is 33.2 Å². The van der Waals surface area contributed by atoms with Gasteiger partial charge in [0.05, 0.1) is 9.77 Å². The summed E-state index contributed by atoms with van der Waals surface area (Å²) >= 11 is 1.37.